The van der Waals surface area contributed by atoms with Crippen molar-refractivity contribution >= 4 is 22.4 Å². The van der Waals surface area contributed by atoms with Crippen LogP contribution < -0.4 is 4.90 Å². The summed E-state index contributed by atoms with van der Waals surface area (Å²) >= 11 is 1.23. The molecule has 5 nitrogen and oxygen atoms in total. The van der Waals surface area contributed by atoms with Gasteiger partial charge in [0.2, 0.25) is 5.91 Å². The topological polar surface area (TPSA) is 45.7 Å². The third-order valence-electron chi connectivity index (χ3n) is 3.30. The van der Waals surface area contributed by atoms with Crippen molar-refractivity contribution in [1.82, 2.24) is 9.88 Å². The maximum atomic E-state index is 12.3. The van der Waals surface area contributed by atoms with Gasteiger partial charge in [-0.25, -0.2) is 4.98 Å². The first-order valence-electron chi connectivity index (χ1n) is 6.92. The molecular formula is C13H18F3N3O2S. The smallest absolute Gasteiger partial charge is 0.374 e. The van der Waals surface area contributed by atoms with Crippen LogP contribution in [0.25, 0.3) is 0 Å². The number of amides is 1. The van der Waals surface area contributed by atoms with Crippen LogP contribution in [0.3, 0.4) is 0 Å². The summed E-state index contributed by atoms with van der Waals surface area (Å²) in [6.45, 7) is 2.20. The number of ether oxygens (including phenoxy) is 1. The van der Waals surface area contributed by atoms with E-state index in [1.54, 1.807) is 5.38 Å². The van der Waals surface area contributed by atoms with Gasteiger partial charge >= 0.3 is 6.18 Å². The van der Waals surface area contributed by atoms with Gasteiger partial charge in [-0.3, -0.25) is 9.69 Å². The standard InChI is InChI=1S/C13H18F3N3O2S/c1-18-5-6-21-10(8-18)9-19(12-17-4-7-22-12)11(20)2-3-13(14,15)16/h4,7,10H,2-3,5-6,8-9H2,1H3/t10-/m0/s1. The molecule has 0 N–H and O–H groups in total. The zero-order chi connectivity index (χ0) is 16.2. The largest absolute Gasteiger partial charge is 0.389 e. The summed E-state index contributed by atoms with van der Waals surface area (Å²) in [7, 11) is 1.94. The molecule has 1 aromatic rings. The normalized spacial score (nSPS) is 20.1. The number of hydrogen-bond donors (Lipinski definition) is 0. The Hall–Kier alpha value is -1.19. The number of carbonyl (C=O) groups is 1. The number of carbonyl (C=O) groups excluding carboxylic acids is 1. The van der Waals surface area contributed by atoms with E-state index >= 15 is 0 Å². The average Bonchev–Trinajstić information content (AvgIpc) is 2.95. The van der Waals surface area contributed by atoms with Crippen molar-refractivity contribution in [3.63, 3.8) is 0 Å². The first-order chi connectivity index (χ1) is 10.3. The molecule has 9 heteroatoms. The van der Waals surface area contributed by atoms with Gasteiger partial charge in [-0.15, -0.1) is 11.3 Å². The molecule has 0 saturated carbocycles. The minimum absolute atomic E-state index is 0.217. The first kappa shape index (κ1) is 17.2. The molecule has 1 atom stereocenters. The lowest BCUT2D eigenvalue weighted by Crippen LogP contribution is -2.47. The van der Waals surface area contributed by atoms with Crippen molar-refractivity contribution in [3.05, 3.63) is 11.6 Å². The summed E-state index contributed by atoms with van der Waals surface area (Å²) in [5, 5.41) is 2.09. The molecule has 124 valence electrons. The quantitative estimate of drug-likeness (QED) is 0.826. The highest BCUT2D eigenvalue weighted by Gasteiger charge is 2.31. The SMILES string of the molecule is CN1CCO[C@H](CN(C(=O)CCC(F)(F)F)c2nccs2)C1. The van der Waals surface area contributed by atoms with Crippen LogP contribution in [0.1, 0.15) is 12.8 Å². The van der Waals surface area contributed by atoms with E-state index in [4.69, 9.17) is 4.74 Å². The fraction of sp³-hybridized carbons (Fsp3) is 0.692. The van der Waals surface area contributed by atoms with Crippen LogP contribution in [-0.4, -0.2) is 61.4 Å². The number of alkyl halides is 3. The summed E-state index contributed by atoms with van der Waals surface area (Å²) in [6, 6.07) is 0. The molecule has 0 unspecified atom stereocenters. The van der Waals surface area contributed by atoms with Gasteiger partial charge in [0, 0.05) is 31.1 Å². The number of thiazole rings is 1. The van der Waals surface area contributed by atoms with Crippen LogP contribution >= 0.6 is 11.3 Å². The number of likely N-dealkylation sites (N-methyl/N-ethyl adjacent to an activating group) is 1. The van der Waals surface area contributed by atoms with Gasteiger partial charge in [0.15, 0.2) is 5.13 Å². The lowest BCUT2D eigenvalue weighted by molar-refractivity contribution is -0.143. The van der Waals surface area contributed by atoms with Crippen molar-refractivity contribution in [2.24, 2.45) is 0 Å². The lowest BCUT2D eigenvalue weighted by Gasteiger charge is -2.33. The number of rotatable bonds is 5. The van der Waals surface area contributed by atoms with Crippen molar-refractivity contribution in [2.45, 2.75) is 25.1 Å². The highest BCUT2D eigenvalue weighted by molar-refractivity contribution is 7.13. The molecule has 1 saturated heterocycles. The van der Waals surface area contributed by atoms with E-state index in [1.807, 2.05) is 7.05 Å². The molecule has 0 aromatic carbocycles. The van der Waals surface area contributed by atoms with Crippen molar-refractivity contribution in [3.8, 4) is 0 Å². The van der Waals surface area contributed by atoms with E-state index in [0.717, 1.165) is 6.54 Å². The molecule has 1 fully saturated rings. The molecule has 2 rings (SSSR count). The molecule has 0 radical (unpaired) electrons. The number of halogens is 3. The zero-order valence-corrected chi connectivity index (χ0v) is 13.0. The number of morpholine rings is 1. The first-order valence-corrected chi connectivity index (χ1v) is 7.80. The molecule has 1 aliphatic heterocycles. The van der Waals surface area contributed by atoms with E-state index in [9.17, 15) is 18.0 Å². The van der Waals surface area contributed by atoms with Crippen LogP contribution in [-0.2, 0) is 9.53 Å². The van der Waals surface area contributed by atoms with Crippen molar-refractivity contribution in [1.29, 1.82) is 0 Å². The van der Waals surface area contributed by atoms with Gasteiger partial charge < -0.3 is 9.64 Å². The third-order valence-corrected chi connectivity index (χ3v) is 4.10. The Morgan fingerprint density at radius 2 is 2.36 bits per heavy atom. The fourth-order valence-electron chi connectivity index (χ4n) is 2.20. The second kappa shape index (κ2) is 7.38. The summed E-state index contributed by atoms with van der Waals surface area (Å²) in [5.41, 5.74) is 0. The van der Waals surface area contributed by atoms with Gasteiger partial charge in [0.05, 0.1) is 25.7 Å². The minimum Gasteiger partial charge on any atom is -0.374 e. The Morgan fingerprint density at radius 3 is 2.95 bits per heavy atom. The molecule has 0 bridgehead atoms. The Labute approximate surface area is 130 Å². The predicted octanol–water partition coefficient (Wildman–Crippen LogP) is 2.15. The maximum Gasteiger partial charge on any atom is 0.389 e. The van der Waals surface area contributed by atoms with Gasteiger partial charge in [-0.2, -0.15) is 13.2 Å². The van der Waals surface area contributed by atoms with Crippen molar-refractivity contribution < 1.29 is 22.7 Å². The average molecular weight is 337 g/mol. The van der Waals surface area contributed by atoms with Gasteiger partial charge in [0.25, 0.3) is 0 Å². The molecule has 2 heterocycles. The molecular weight excluding hydrogens is 319 g/mol. The van der Waals surface area contributed by atoms with Crippen molar-refractivity contribution in [2.75, 3.05) is 38.2 Å². The van der Waals surface area contributed by atoms with Crippen LogP contribution in [0.4, 0.5) is 18.3 Å². The van der Waals surface area contributed by atoms with Crippen LogP contribution in [0.2, 0.25) is 0 Å². The zero-order valence-electron chi connectivity index (χ0n) is 12.2. The van der Waals surface area contributed by atoms with Crippen LogP contribution in [0.15, 0.2) is 11.6 Å². The summed E-state index contributed by atoms with van der Waals surface area (Å²) in [5.74, 6) is -0.580. The van der Waals surface area contributed by atoms with E-state index in [2.05, 4.69) is 9.88 Å². The lowest BCUT2D eigenvalue weighted by atomic mass is 10.2. The molecule has 0 aliphatic carbocycles. The number of hydrogen-bond acceptors (Lipinski definition) is 5. The summed E-state index contributed by atoms with van der Waals surface area (Å²) < 4.78 is 42.5. The van der Waals surface area contributed by atoms with Gasteiger partial charge in [-0.05, 0) is 7.05 Å². The number of anilines is 1. The van der Waals surface area contributed by atoms with Gasteiger partial charge in [-0.1, -0.05) is 0 Å². The van der Waals surface area contributed by atoms with E-state index in [-0.39, 0.29) is 12.6 Å². The highest BCUT2D eigenvalue weighted by atomic mass is 32.1. The van der Waals surface area contributed by atoms with E-state index in [0.29, 0.717) is 18.3 Å². The molecule has 1 amide bonds. The Balaban J connectivity index is 2.01. The Morgan fingerprint density at radius 1 is 1.59 bits per heavy atom. The molecule has 1 aliphatic rings. The second-order valence-electron chi connectivity index (χ2n) is 5.19. The predicted molar refractivity (Wildman–Crippen MR) is 77.0 cm³/mol. The Kier molecular flexibility index (Phi) is 5.76. The Bertz CT molecular complexity index is 481. The second-order valence-corrected chi connectivity index (χ2v) is 6.06. The monoisotopic (exact) mass is 337 g/mol. The van der Waals surface area contributed by atoms with Gasteiger partial charge in [0.1, 0.15) is 0 Å². The summed E-state index contributed by atoms with van der Waals surface area (Å²) in [4.78, 5) is 19.6. The van der Waals surface area contributed by atoms with Crippen LogP contribution in [0.5, 0.6) is 0 Å². The van der Waals surface area contributed by atoms with E-state index in [1.165, 1.54) is 22.4 Å². The highest BCUT2D eigenvalue weighted by Crippen LogP contribution is 2.25. The molecule has 22 heavy (non-hydrogen) atoms. The fourth-order valence-corrected chi connectivity index (χ4v) is 2.87. The number of nitrogens with zero attached hydrogens (tertiary/aromatic N) is 3. The van der Waals surface area contributed by atoms with E-state index < -0.39 is 24.9 Å². The maximum absolute atomic E-state index is 12.3. The minimum atomic E-state index is -4.34. The molecule has 0 spiro atoms. The third kappa shape index (κ3) is 5.22. The van der Waals surface area contributed by atoms with Crippen LogP contribution in [0, 0.1) is 0 Å². The molecule has 1 aromatic heterocycles. The summed E-state index contributed by atoms with van der Waals surface area (Å²) in [6.07, 6.45) is -4.74. The number of aromatic nitrogens is 1.